The van der Waals surface area contributed by atoms with Crippen molar-refractivity contribution < 1.29 is 9.53 Å². The highest BCUT2D eigenvalue weighted by Gasteiger charge is 2.24. The van der Waals surface area contributed by atoms with E-state index >= 15 is 0 Å². The highest BCUT2D eigenvalue weighted by molar-refractivity contribution is 7.99. The fourth-order valence-corrected chi connectivity index (χ4v) is 3.43. The Bertz CT molecular complexity index is 653. The van der Waals surface area contributed by atoms with Crippen LogP contribution in [0.5, 0.6) is 0 Å². The number of hydrogen-bond acceptors (Lipinski definition) is 3. The first kappa shape index (κ1) is 15.4. The molecule has 1 heterocycles. The van der Waals surface area contributed by atoms with E-state index in [1.54, 1.807) is 11.8 Å². The Morgan fingerprint density at radius 2 is 2.09 bits per heavy atom. The van der Waals surface area contributed by atoms with Gasteiger partial charge in [0, 0.05) is 19.5 Å². The number of amides is 1. The molecule has 3 rings (SSSR count). The summed E-state index contributed by atoms with van der Waals surface area (Å²) in [5, 5.41) is 2.53. The number of thioether (sulfide) groups is 1. The first-order valence-corrected chi connectivity index (χ1v) is 9.02. The normalized spacial score (nSPS) is 18.6. The van der Waals surface area contributed by atoms with Crippen molar-refractivity contribution in [3.8, 4) is 0 Å². The lowest BCUT2D eigenvalue weighted by Gasteiger charge is -2.33. The van der Waals surface area contributed by atoms with Crippen LogP contribution in [0.4, 0.5) is 0 Å². The summed E-state index contributed by atoms with van der Waals surface area (Å²) in [4.78, 5) is 14.0. The van der Waals surface area contributed by atoms with E-state index in [1.165, 1.54) is 16.3 Å². The fraction of sp³-hybridized carbons (Fsp3) is 0.389. The number of carbonyl (C=O) groups is 1. The van der Waals surface area contributed by atoms with Crippen LogP contribution < -0.4 is 0 Å². The zero-order chi connectivity index (χ0) is 15.4. The number of morpholine rings is 1. The maximum Gasteiger partial charge on any atom is 0.232 e. The maximum absolute atomic E-state index is 12.1. The van der Waals surface area contributed by atoms with Crippen molar-refractivity contribution in [1.82, 2.24) is 4.90 Å². The standard InChI is InChI=1S/C18H21NO2S/c1-22-13-18(20)19-9-10-21-16(12-19)11-15-7-4-6-14-5-2-3-8-17(14)15/h2-8,16H,9-13H2,1H3/t16-/m0/s1. The molecule has 22 heavy (non-hydrogen) atoms. The molecule has 2 aromatic rings. The van der Waals surface area contributed by atoms with Gasteiger partial charge in [-0.15, -0.1) is 0 Å². The van der Waals surface area contributed by atoms with E-state index in [0.717, 1.165) is 6.42 Å². The zero-order valence-corrected chi connectivity index (χ0v) is 13.6. The van der Waals surface area contributed by atoms with Crippen LogP contribution in [-0.2, 0) is 16.0 Å². The van der Waals surface area contributed by atoms with Crippen LogP contribution >= 0.6 is 11.8 Å². The van der Waals surface area contributed by atoms with Gasteiger partial charge < -0.3 is 9.64 Å². The number of fused-ring (bicyclic) bond motifs is 1. The minimum Gasteiger partial charge on any atom is -0.374 e. The number of nitrogens with zero attached hydrogens (tertiary/aromatic N) is 1. The van der Waals surface area contributed by atoms with Crippen molar-refractivity contribution in [3.63, 3.8) is 0 Å². The van der Waals surface area contributed by atoms with Gasteiger partial charge in [0.05, 0.1) is 18.5 Å². The van der Waals surface area contributed by atoms with Crippen LogP contribution in [-0.4, -0.2) is 48.6 Å². The zero-order valence-electron chi connectivity index (χ0n) is 12.8. The van der Waals surface area contributed by atoms with E-state index in [2.05, 4.69) is 42.5 Å². The first-order valence-electron chi connectivity index (χ1n) is 7.63. The average molecular weight is 315 g/mol. The highest BCUT2D eigenvalue weighted by atomic mass is 32.2. The smallest absolute Gasteiger partial charge is 0.232 e. The molecule has 0 aromatic heterocycles. The molecule has 1 aliphatic heterocycles. The molecule has 0 aliphatic carbocycles. The van der Waals surface area contributed by atoms with Gasteiger partial charge in [-0.3, -0.25) is 4.79 Å². The second-order valence-corrected chi connectivity index (χ2v) is 6.47. The molecule has 1 atom stereocenters. The molecular weight excluding hydrogens is 294 g/mol. The van der Waals surface area contributed by atoms with Gasteiger partial charge in [0.25, 0.3) is 0 Å². The Labute approximate surface area is 135 Å². The fourth-order valence-electron chi connectivity index (χ4n) is 3.00. The summed E-state index contributed by atoms with van der Waals surface area (Å²) in [6, 6.07) is 14.8. The molecule has 1 fully saturated rings. The number of hydrogen-bond donors (Lipinski definition) is 0. The molecule has 4 heteroatoms. The molecule has 1 aliphatic rings. The lowest BCUT2D eigenvalue weighted by molar-refractivity contribution is -0.135. The second kappa shape index (κ2) is 7.16. The van der Waals surface area contributed by atoms with E-state index in [4.69, 9.17) is 4.74 Å². The number of benzene rings is 2. The Balaban J connectivity index is 1.73. The molecule has 2 aromatic carbocycles. The van der Waals surface area contributed by atoms with E-state index in [0.29, 0.717) is 25.4 Å². The Morgan fingerprint density at radius 3 is 2.95 bits per heavy atom. The maximum atomic E-state index is 12.1. The van der Waals surface area contributed by atoms with Crippen molar-refractivity contribution in [2.45, 2.75) is 12.5 Å². The van der Waals surface area contributed by atoms with Crippen LogP contribution in [0.15, 0.2) is 42.5 Å². The monoisotopic (exact) mass is 315 g/mol. The van der Waals surface area contributed by atoms with Gasteiger partial charge in [0.1, 0.15) is 0 Å². The van der Waals surface area contributed by atoms with Gasteiger partial charge in [-0.1, -0.05) is 42.5 Å². The molecule has 0 bridgehead atoms. The first-order chi connectivity index (χ1) is 10.8. The minimum absolute atomic E-state index is 0.0883. The lowest BCUT2D eigenvalue weighted by Crippen LogP contribution is -2.47. The summed E-state index contributed by atoms with van der Waals surface area (Å²) < 4.78 is 5.89. The SMILES string of the molecule is CSCC(=O)N1CCO[C@@H](Cc2cccc3ccccc23)C1. The topological polar surface area (TPSA) is 29.5 Å². The molecule has 0 unspecified atom stereocenters. The van der Waals surface area contributed by atoms with Gasteiger partial charge in [0.2, 0.25) is 5.91 Å². The van der Waals surface area contributed by atoms with Crippen LogP contribution in [0.3, 0.4) is 0 Å². The summed E-state index contributed by atoms with van der Waals surface area (Å²) in [5.74, 6) is 0.778. The Hall–Kier alpha value is -1.52. The van der Waals surface area contributed by atoms with Crippen molar-refractivity contribution >= 4 is 28.4 Å². The molecule has 0 N–H and O–H groups in total. The molecule has 0 spiro atoms. The second-order valence-electron chi connectivity index (χ2n) is 5.61. The van der Waals surface area contributed by atoms with Crippen molar-refractivity contribution in [1.29, 1.82) is 0 Å². The average Bonchev–Trinajstić information content (AvgIpc) is 2.56. The van der Waals surface area contributed by atoms with Crippen molar-refractivity contribution in [2.75, 3.05) is 31.7 Å². The molecule has 0 radical (unpaired) electrons. The van der Waals surface area contributed by atoms with Crippen LogP contribution in [0.2, 0.25) is 0 Å². The minimum atomic E-state index is 0.0883. The summed E-state index contributed by atoms with van der Waals surface area (Å²) >= 11 is 1.58. The largest absolute Gasteiger partial charge is 0.374 e. The van der Waals surface area contributed by atoms with Crippen molar-refractivity contribution in [3.05, 3.63) is 48.0 Å². The number of carbonyl (C=O) groups excluding carboxylic acids is 1. The Morgan fingerprint density at radius 1 is 1.27 bits per heavy atom. The third kappa shape index (κ3) is 3.45. The number of rotatable bonds is 4. The predicted molar refractivity (Wildman–Crippen MR) is 92.4 cm³/mol. The quantitative estimate of drug-likeness (QED) is 0.869. The van der Waals surface area contributed by atoms with Gasteiger partial charge >= 0.3 is 0 Å². The summed E-state index contributed by atoms with van der Waals surface area (Å²) in [6.45, 7) is 2.05. The van der Waals surface area contributed by atoms with Crippen LogP contribution in [0.25, 0.3) is 10.8 Å². The molecule has 0 saturated carbocycles. The molecule has 116 valence electrons. The van der Waals surface area contributed by atoms with Crippen LogP contribution in [0, 0.1) is 0 Å². The van der Waals surface area contributed by atoms with Gasteiger partial charge in [-0.25, -0.2) is 0 Å². The van der Waals surface area contributed by atoms with Gasteiger partial charge in [-0.2, -0.15) is 11.8 Å². The van der Waals surface area contributed by atoms with Gasteiger partial charge in [-0.05, 0) is 22.6 Å². The third-order valence-electron chi connectivity index (χ3n) is 4.09. The Kier molecular flexibility index (Phi) is 5.01. The van der Waals surface area contributed by atoms with E-state index in [1.807, 2.05) is 11.2 Å². The van der Waals surface area contributed by atoms with E-state index in [-0.39, 0.29) is 12.0 Å². The predicted octanol–water partition coefficient (Wildman–Crippen LogP) is 2.97. The summed E-state index contributed by atoms with van der Waals surface area (Å²) in [6.07, 6.45) is 2.90. The third-order valence-corrected chi connectivity index (χ3v) is 4.62. The molecular formula is C18H21NO2S. The summed E-state index contributed by atoms with van der Waals surface area (Å²) in [7, 11) is 0. The molecule has 3 nitrogen and oxygen atoms in total. The summed E-state index contributed by atoms with van der Waals surface area (Å²) in [5.41, 5.74) is 1.29. The van der Waals surface area contributed by atoms with Gasteiger partial charge in [0.15, 0.2) is 0 Å². The lowest BCUT2D eigenvalue weighted by atomic mass is 9.99. The van der Waals surface area contributed by atoms with Crippen molar-refractivity contribution in [2.24, 2.45) is 0 Å². The number of ether oxygens (including phenoxy) is 1. The van der Waals surface area contributed by atoms with E-state index < -0.39 is 0 Å². The highest BCUT2D eigenvalue weighted by Crippen LogP contribution is 2.21. The van der Waals surface area contributed by atoms with E-state index in [9.17, 15) is 4.79 Å². The van der Waals surface area contributed by atoms with Crippen LogP contribution in [0.1, 0.15) is 5.56 Å². The molecule has 1 amide bonds. The molecule has 1 saturated heterocycles.